The van der Waals surface area contributed by atoms with Gasteiger partial charge in [0.05, 0.1) is 12.7 Å². The lowest BCUT2D eigenvalue weighted by Gasteiger charge is -2.41. The van der Waals surface area contributed by atoms with Crippen LogP contribution in [-0.4, -0.2) is 25.8 Å². The molecule has 0 amide bonds. The molecule has 1 N–H and O–H groups in total. The Morgan fingerprint density at radius 1 is 1.28 bits per heavy atom. The topological polar surface area (TPSA) is 21.3 Å². The van der Waals surface area contributed by atoms with E-state index in [-0.39, 0.29) is 0 Å². The molecular formula is C16H33NO. The van der Waals surface area contributed by atoms with Crippen LogP contribution < -0.4 is 5.32 Å². The van der Waals surface area contributed by atoms with Crippen LogP contribution in [0.1, 0.15) is 60.3 Å². The molecular weight excluding hydrogens is 222 g/mol. The first kappa shape index (κ1) is 16.0. The molecule has 0 bridgehead atoms. The molecule has 0 aromatic rings. The van der Waals surface area contributed by atoms with Crippen molar-refractivity contribution in [1.82, 2.24) is 5.32 Å². The summed E-state index contributed by atoms with van der Waals surface area (Å²) < 4.78 is 5.88. The lowest BCUT2D eigenvalue weighted by atomic mass is 9.67. The maximum atomic E-state index is 5.88. The van der Waals surface area contributed by atoms with E-state index in [1.807, 2.05) is 0 Å². The van der Waals surface area contributed by atoms with Crippen LogP contribution in [-0.2, 0) is 4.74 Å². The maximum absolute atomic E-state index is 5.88. The van der Waals surface area contributed by atoms with Crippen molar-refractivity contribution >= 4 is 0 Å². The second kappa shape index (κ2) is 7.49. The normalized spacial score (nSPS) is 27.7. The van der Waals surface area contributed by atoms with E-state index in [1.165, 1.54) is 32.2 Å². The van der Waals surface area contributed by atoms with E-state index >= 15 is 0 Å². The van der Waals surface area contributed by atoms with Crippen LogP contribution in [0.5, 0.6) is 0 Å². The largest absolute Gasteiger partial charge is 0.378 e. The Balaban J connectivity index is 2.45. The third-order valence-corrected chi connectivity index (χ3v) is 4.15. The summed E-state index contributed by atoms with van der Waals surface area (Å²) in [6.07, 6.45) is 5.63. The number of hydrogen-bond acceptors (Lipinski definition) is 2. The molecule has 2 unspecified atom stereocenters. The highest BCUT2D eigenvalue weighted by molar-refractivity contribution is 4.86. The molecule has 1 fully saturated rings. The summed E-state index contributed by atoms with van der Waals surface area (Å²) >= 11 is 0. The molecule has 1 rings (SSSR count). The fraction of sp³-hybridized carbons (Fsp3) is 1.00. The molecule has 0 aliphatic heterocycles. The van der Waals surface area contributed by atoms with E-state index in [0.717, 1.165) is 25.0 Å². The molecule has 0 heterocycles. The molecule has 0 spiro atoms. The summed E-state index contributed by atoms with van der Waals surface area (Å²) in [6, 6.07) is 0. The number of rotatable bonds is 7. The van der Waals surface area contributed by atoms with Gasteiger partial charge in [0.25, 0.3) is 0 Å². The van der Waals surface area contributed by atoms with Gasteiger partial charge in [0.15, 0.2) is 0 Å². The van der Waals surface area contributed by atoms with Gasteiger partial charge in [-0.25, -0.2) is 0 Å². The Kier molecular flexibility index (Phi) is 6.65. The van der Waals surface area contributed by atoms with Gasteiger partial charge in [-0.2, -0.15) is 0 Å². The summed E-state index contributed by atoms with van der Waals surface area (Å²) in [7, 11) is 0. The monoisotopic (exact) mass is 255 g/mol. The second-order valence-electron chi connectivity index (χ2n) is 7.01. The van der Waals surface area contributed by atoms with E-state index in [2.05, 4.69) is 39.9 Å². The van der Waals surface area contributed by atoms with Crippen LogP contribution in [0.25, 0.3) is 0 Å². The zero-order valence-corrected chi connectivity index (χ0v) is 13.1. The summed E-state index contributed by atoms with van der Waals surface area (Å²) in [4.78, 5) is 0. The molecule has 2 atom stereocenters. The Bertz CT molecular complexity index is 225. The average molecular weight is 255 g/mol. The summed E-state index contributed by atoms with van der Waals surface area (Å²) in [5, 5.41) is 3.59. The van der Waals surface area contributed by atoms with Crippen molar-refractivity contribution < 1.29 is 4.74 Å². The van der Waals surface area contributed by atoms with Gasteiger partial charge in [0, 0.05) is 0 Å². The van der Waals surface area contributed by atoms with Crippen molar-refractivity contribution in [2.45, 2.75) is 66.4 Å². The average Bonchev–Trinajstić information content (AvgIpc) is 2.28. The second-order valence-corrected chi connectivity index (χ2v) is 7.01. The minimum Gasteiger partial charge on any atom is -0.378 e. The number of hydrogen-bond donors (Lipinski definition) is 1. The van der Waals surface area contributed by atoms with Crippen LogP contribution in [0, 0.1) is 17.3 Å². The van der Waals surface area contributed by atoms with E-state index in [1.54, 1.807) is 0 Å². The van der Waals surface area contributed by atoms with Crippen molar-refractivity contribution in [2.24, 2.45) is 17.3 Å². The van der Waals surface area contributed by atoms with E-state index < -0.39 is 0 Å². The zero-order chi connectivity index (χ0) is 13.6. The Labute approximate surface area is 114 Å². The summed E-state index contributed by atoms with van der Waals surface area (Å²) in [6.45, 7) is 14.6. The molecule has 18 heavy (non-hydrogen) atoms. The van der Waals surface area contributed by atoms with Crippen molar-refractivity contribution in [3.63, 3.8) is 0 Å². The Morgan fingerprint density at radius 3 is 2.61 bits per heavy atom. The molecule has 2 heteroatoms. The molecule has 1 aliphatic carbocycles. The quantitative estimate of drug-likeness (QED) is 0.698. The maximum Gasteiger partial charge on any atom is 0.0519 e. The molecule has 108 valence electrons. The zero-order valence-electron chi connectivity index (χ0n) is 13.1. The first-order chi connectivity index (χ1) is 8.44. The molecule has 0 radical (unpaired) electrons. The highest BCUT2D eigenvalue weighted by Gasteiger charge is 2.34. The first-order valence-electron chi connectivity index (χ1n) is 7.77. The Morgan fingerprint density at radius 2 is 2.00 bits per heavy atom. The first-order valence-corrected chi connectivity index (χ1v) is 7.77. The van der Waals surface area contributed by atoms with E-state index in [4.69, 9.17) is 4.74 Å². The van der Waals surface area contributed by atoms with Gasteiger partial charge >= 0.3 is 0 Å². The number of nitrogens with one attached hydrogen (secondary N) is 1. The van der Waals surface area contributed by atoms with Gasteiger partial charge in [-0.15, -0.1) is 0 Å². The van der Waals surface area contributed by atoms with Crippen LogP contribution >= 0.6 is 0 Å². The van der Waals surface area contributed by atoms with Crippen LogP contribution in [0.15, 0.2) is 0 Å². The molecule has 1 aliphatic rings. The van der Waals surface area contributed by atoms with Gasteiger partial charge in [0.1, 0.15) is 0 Å². The smallest absolute Gasteiger partial charge is 0.0519 e. The molecule has 0 saturated heterocycles. The minimum absolute atomic E-state index is 0.360. The third kappa shape index (κ3) is 5.71. The third-order valence-electron chi connectivity index (χ3n) is 4.15. The SMILES string of the molecule is CCCNCC1CCC(C)(C)CC1COC(C)C. The molecule has 0 aromatic carbocycles. The van der Waals surface area contributed by atoms with Crippen LogP contribution in [0.4, 0.5) is 0 Å². The molecule has 0 aromatic heterocycles. The predicted octanol–water partition coefficient (Wildman–Crippen LogP) is 3.85. The van der Waals surface area contributed by atoms with Crippen molar-refractivity contribution in [1.29, 1.82) is 0 Å². The van der Waals surface area contributed by atoms with Gasteiger partial charge in [0.2, 0.25) is 0 Å². The van der Waals surface area contributed by atoms with E-state index in [0.29, 0.717) is 11.5 Å². The number of ether oxygens (including phenoxy) is 1. The lowest BCUT2D eigenvalue weighted by molar-refractivity contribution is -0.00133. The minimum atomic E-state index is 0.360. The lowest BCUT2D eigenvalue weighted by Crippen LogP contribution is -2.38. The van der Waals surface area contributed by atoms with Crippen molar-refractivity contribution in [3.05, 3.63) is 0 Å². The summed E-state index contributed by atoms with van der Waals surface area (Å²) in [5.41, 5.74) is 0.506. The fourth-order valence-electron chi connectivity index (χ4n) is 3.03. The van der Waals surface area contributed by atoms with Crippen LogP contribution in [0.2, 0.25) is 0 Å². The fourth-order valence-corrected chi connectivity index (χ4v) is 3.03. The van der Waals surface area contributed by atoms with Gasteiger partial charge in [-0.05, 0) is 69.9 Å². The van der Waals surface area contributed by atoms with Crippen molar-refractivity contribution in [3.8, 4) is 0 Å². The highest BCUT2D eigenvalue weighted by atomic mass is 16.5. The highest BCUT2D eigenvalue weighted by Crippen LogP contribution is 2.41. The van der Waals surface area contributed by atoms with Gasteiger partial charge < -0.3 is 10.1 Å². The van der Waals surface area contributed by atoms with Gasteiger partial charge in [-0.3, -0.25) is 0 Å². The van der Waals surface area contributed by atoms with Gasteiger partial charge in [-0.1, -0.05) is 20.8 Å². The predicted molar refractivity (Wildman–Crippen MR) is 78.9 cm³/mol. The molecule has 2 nitrogen and oxygen atoms in total. The summed E-state index contributed by atoms with van der Waals surface area (Å²) in [5.74, 6) is 1.55. The van der Waals surface area contributed by atoms with Crippen molar-refractivity contribution in [2.75, 3.05) is 19.7 Å². The van der Waals surface area contributed by atoms with E-state index in [9.17, 15) is 0 Å². The van der Waals surface area contributed by atoms with Crippen LogP contribution in [0.3, 0.4) is 0 Å². The standard InChI is InChI=1S/C16H33NO/c1-6-9-17-11-14-7-8-16(4,5)10-15(14)12-18-13(2)3/h13-15,17H,6-12H2,1-5H3. The Hall–Kier alpha value is -0.0800. The molecule has 1 saturated carbocycles.